The molecule has 142 valence electrons. The molecule has 1 aliphatic carbocycles. The maximum absolute atomic E-state index is 12.7. The SMILES string of the molecule is Cc1cc(C(F)(F)F)nn1CC(=O)NCCn1c(C)cnc1C1CCC1. The van der Waals surface area contributed by atoms with Gasteiger partial charge in [0.05, 0.1) is 0 Å². The first-order chi connectivity index (χ1) is 12.3. The minimum atomic E-state index is -4.51. The molecule has 0 radical (unpaired) electrons. The summed E-state index contributed by atoms with van der Waals surface area (Å²) in [5.41, 5.74) is 0.353. The van der Waals surface area contributed by atoms with E-state index in [0.717, 1.165) is 35.1 Å². The molecule has 0 spiro atoms. The van der Waals surface area contributed by atoms with E-state index in [9.17, 15) is 18.0 Å². The fraction of sp³-hybridized carbons (Fsp3) is 0.588. The Balaban J connectivity index is 1.54. The predicted octanol–water partition coefficient (Wildman–Crippen LogP) is 2.80. The van der Waals surface area contributed by atoms with Crippen molar-refractivity contribution in [3.05, 3.63) is 35.2 Å². The van der Waals surface area contributed by atoms with Crippen LogP contribution < -0.4 is 5.32 Å². The monoisotopic (exact) mass is 369 g/mol. The Morgan fingerprint density at radius 1 is 1.31 bits per heavy atom. The van der Waals surface area contributed by atoms with Crippen LogP contribution in [0.3, 0.4) is 0 Å². The summed E-state index contributed by atoms with van der Waals surface area (Å²) in [6, 6.07) is 0.938. The molecular formula is C17H22F3N5O. The number of carbonyl (C=O) groups is 1. The molecule has 3 rings (SSSR count). The van der Waals surface area contributed by atoms with Gasteiger partial charge in [-0.1, -0.05) is 6.42 Å². The summed E-state index contributed by atoms with van der Waals surface area (Å²) >= 11 is 0. The Morgan fingerprint density at radius 2 is 2.04 bits per heavy atom. The van der Waals surface area contributed by atoms with Gasteiger partial charge in [-0.15, -0.1) is 0 Å². The largest absolute Gasteiger partial charge is 0.435 e. The van der Waals surface area contributed by atoms with Crippen LogP contribution in [0, 0.1) is 13.8 Å². The minimum absolute atomic E-state index is 0.236. The van der Waals surface area contributed by atoms with Crippen molar-refractivity contribution in [2.45, 2.75) is 58.3 Å². The van der Waals surface area contributed by atoms with Crippen molar-refractivity contribution in [2.24, 2.45) is 0 Å². The van der Waals surface area contributed by atoms with E-state index in [1.165, 1.54) is 13.3 Å². The number of hydrogen-bond donors (Lipinski definition) is 1. The van der Waals surface area contributed by atoms with E-state index in [4.69, 9.17) is 0 Å². The Hall–Kier alpha value is -2.32. The number of aryl methyl sites for hydroxylation is 2. The second-order valence-electron chi connectivity index (χ2n) is 6.71. The zero-order valence-corrected chi connectivity index (χ0v) is 14.8. The van der Waals surface area contributed by atoms with Gasteiger partial charge in [0, 0.05) is 36.6 Å². The van der Waals surface area contributed by atoms with Gasteiger partial charge in [-0.05, 0) is 32.8 Å². The van der Waals surface area contributed by atoms with Gasteiger partial charge < -0.3 is 9.88 Å². The minimum Gasteiger partial charge on any atom is -0.353 e. The average molecular weight is 369 g/mol. The van der Waals surface area contributed by atoms with Crippen LogP contribution in [0.1, 0.15) is 48.1 Å². The van der Waals surface area contributed by atoms with E-state index in [1.54, 1.807) is 0 Å². The third kappa shape index (κ3) is 3.91. The maximum Gasteiger partial charge on any atom is 0.435 e. The topological polar surface area (TPSA) is 64.7 Å². The van der Waals surface area contributed by atoms with Gasteiger partial charge in [0.25, 0.3) is 0 Å². The molecule has 26 heavy (non-hydrogen) atoms. The van der Waals surface area contributed by atoms with Crippen LogP contribution in [-0.4, -0.2) is 31.8 Å². The smallest absolute Gasteiger partial charge is 0.353 e. The Kier molecular flexibility index (Phi) is 5.06. The number of nitrogens with one attached hydrogen (secondary N) is 1. The van der Waals surface area contributed by atoms with Crippen molar-refractivity contribution in [3.8, 4) is 0 Å². The fourth-order valence-corrected chi connectivity index (χ4v) is 3.07. The van der Waals surface area contributed by atoms with Crippen LogP contribution >= 0.6 is 0 Å². The van der Waals surface area contributed by atoms with Crippen LogP contribution in [0.15, 0.2) is 12.3 Å². The molecule has 0 atom stereocenters. The number of aromatic nitrogens is 4. The number of hydrogen-bond acceptors (Lipinski definition) is 3. The molecule has 1 amide bonds. The third-order valence-corrected chi connectivity index (χ3v) is 4.78. The zero-order chi connectivity index (χ0) is 18.9. The molecule has 0 aliphatic heterocycles. The first kappa shape index (κ1) is 18.5. The first-order valence-corrected chi connectivity index (χ1v) is 8.66. The third-order valence-electron chi connectivity index (χ3n) is 4.78. The molecule has 0 saturated heterocycles. The van der Waals surface area contributed by atoms with Gasteiger partial charge in [0.15, 0.2) is 5.69 Å². The second-order valence-corrected chi connectivity index (χ2v) is 6.71. The normalized spacial score (nSPS) is 15.1. The summed E-state index contributed by atoms with van der Waals surface area (Å²) in [7, 11) is 0. The van der Waals surface area contributed by atoms with Crippen molar-refractivity contribution in [1.82, 2.24) is 24.6 Å². The average Bonchev–Trinajstić information content (AvgIpc) is 3.03. The number of imidazole rings is 1. The van der Waals surface area contributed by atoms with Crippen LogP contribution in [0.2, 0.25) is 0 Å². The van der Waals surface area contributed by atoms with E-state index in [-0.39, 0.29) is 12.5 Å². The zero-order valence-electron chi connectivity index (χ0n) is 14.8. The molecule has 0 aromatic carbocycles. The Labute approximate surface area is 149 Å². The summed E-state index contributed by atoms with van der Waals surface area (Å²) in [5.74, 6) is 1.18. The summed E-state index contributed by atoms with van der Waals surface area (Å²) < 4.78 is 41.2. The van der Waals surface area contributed by atoms with Gasteiger partial charge in [0.2, 0.25) is 5.91 Å². The summed E-state index contributed by atoms with van der Waals surface area (Å²) in [6.07, 6.45) is 0.826. The summed E-state index contributed by atoms with van der Waals surface area (Å²) in [5, 5.41) is 6.21. The van der Waals surface area contributed by atoms with Gasteiger partial charge >= 0.3 is 6.18 Å². The molecular weight excluding hydrogens is 347 g/mol. The first-order valence-electron chi connectivity index (χ1n) is 8.66. The quantitative estimate of drug-likeness (QED) is 0.852. The van der Waals surface area contributed by atoms with E-state index in [1.807, 2.05) is 13.1 Å². The summed E-state index contributed by atoms with van der Waals surface area (Å²) in [4.78, 5) is 16.5. The molecule has 1 N–H and O–H groups in total. The molecule has 2 heterocycles. The van der Waals surface area contributed by atoms with Gasteiger partial charge in [-0.2, -0.15) is 18.3 Å². The second kappa shape index (κ2) is 7.13. The van der Waals surface area contributed by atoms with Crippen LogP contribution in [-0.2, 0) is 24.1 Å². The van der Waals surface area contributed by atoms with E-state index in [0.29, 0.717) is 24.7 Å². The van der Waals surface area contributed by atoms with Crippen LogP contribution in [0.4, 0.5) is 13.2 Å². The molecule has 0 bridgehead atoms. The number of rotatable bonds is 6. The molecule has 0 unspecified atom stereocenters. The van der Waals surface area contributed by atoms with Crippen molar-refractivity contribution in [2.75, 3.05) is 6.54 Å². The lowest BCUT2D eigenvalue weighted by molar-refractivity contribution is -0.141. The molecule has 6 nitrogen and oxygen atoms in total. The lowest BCUT2D eigenvalue weighted by atomic mass is 9.85. The molecule has 9 heteroatoms. The Morgan fingerprint density at radius 3 is 2.62 bits per heavy atom. The molecule has 1 aliphatic rings. The predicted molar refractivity (Wildman–Crippen MR) is 88.5 cm³/mol. The lowest BCUT2D eigenvalue weighted by Crippen LogP contribution is -2.32. The molecule has 2 aromatic rings. The number of alkyl halides is 3. The highest BCUT2D eigenvalue weighted by Crippen LogP contribution is 2.35. The highest BCUT2D eigenvalue weighted by molar-refractivity contribution is 5.75. The molecule has 1 fully saturated rings. The van der Waals surface area contributed by atoms with Gasteiger partial charge in [0.1, 0.15) is 12.4 Å². The number of halogens is 3. The van der Waals surface area contributed by atoms with Gasteiger partial charge in [-0.3, -0.25) is 9.48 Å². The van der Waals surface area contributed by atoms with Crippen molar-refractivity contribution >= 4 is 5.91 Å². The van der Waals surface area contributed by atoms with E-state index >= 15 is 0 Å². The van der Waals surface area contributed by atoms with E-state index in [2.05, 4.69) is 20.0 Å². The number of nitrogens with zero attached hydrogens (tertiary/aromatic N) is 4. The Bertz CT molecular complexity index is 789. The van der Waals surface area contributed by atoms with Crippen molar-refractivity contribution < 1.29 is 18.0 Å². The van der Waals surface area contributed by atoms with Gasteiger partial charge in [-0.25, -0.2) is 4.98 Å². The number of carbonyl (C=O) groups excluding carboxylic acids is 1. The fourth-order valence-electron chi connectivity index (χ4n) is 3.07. The highest BCUT2D eigenvalue weighted by Gasteiger charge is 2.34. The summed E-state index contributed by atoms with van der Waals surface area (Å²) in [6.45, 7) is 4.22. The van der Waals surface area contributed by atoms with Crippen LogP contribution in [0.5, 0.6) is 0 Å². The molecule has 2 aromatic heterocycles. The van der Waals surface area contributed by atoms with E-state index < -0.39 is 11.9 Å². The molecule has 1 saturated carbocycles. The number of amides is 1. The van der Waals surface area contributed by atoms with Crippen molar-refractivity contribution in [3.63, 3.8) is 0 Å². The van der Waals surface area contributed by atoms with Crippen LogP contribution in [0.25, 0.3) is 0 Å². The highest BCUT2D eigenvalue weighted by atomic mass is 19.4. The maximum atomic E-state index is 12.7. The standard InChI is InChI=1S/C17H22F3N5O/c1-11-8-14(17(18,19)20)23-25(11)10-15(26)21-6-7-24-12(2)9-22-16(24)13-4-3-5-13/h8-9,13H,3-7,10H2,1-2H3,(H,21,26). The van der Waals surface area contributed by atoms with Crippen molar-refractivity contribution in [1.29, 1.82) is 0 Å². The lowest BCUT2D eigenvalue weighted by Gasteiger charge is -2.26.